The summed E-state index contributed by atoms with van der Waals surface area (Å²) >= 11 is 0. The number of benzene rings is 2. The predicted molar refractivity (Wildman–Crippen MR) is 82.7 cm³/mol. The van der Waals surface area contributed by atoms with Crippen molar-refractivity contribution in [2.45, 2.75) is 26.8 Å². The second-order valence-electron chi connectivity index (χ2n) is 5.20. The maximum absolute atomic E-state index is 12.3. The Kier molecular flexibility index (Phi) is 4.08. The highest BCUT2D eigenvalue weighted by atomic mass is 16.1. The molecule has 2 aromatic carbocycles. The fourth-order valence-corrected chi connectivity index (χ4v) is 2.08. The molecule has 1 amide bonds. The van der Waals surface area contributed by atoms with Crippen LogP contribution >= 0.6 is 0 Å². The minimum atomic E-state index is -0.140. The average molecular weight is 268 g/mol. The van der Waals surface area contributed by atoms with Crippen LogP contribution in [0, 0.1) is 13.8 Å². The number of anilines is 1. The van der Waals surface area contributed by atoms with Crippen molar-refractivity contribution >= 4 is 11.6 Å². The van der Waals surface area contributed by atoms with E-state index in [4.69, 9.17) is 5.73 Å². The van der Waals surface area contributed by atoms with E-state index < -0.39 is 0 Å². The fraction of sp³-hybridized carbons (Fsp3) is 0.235. The number of carbonyl (C=O) groups is 1. The van der Waals surface area contributed by atoms with Gasteiger partial charge in [0.05, 0.1) is 11.6 Å². The lowest BCUT2D eigenvalue weighted by Gasteiger charge is -2.15. The largest absolute Gasteiger partial charge is 0.398 e. The van der Waals surface area contributed by atoms with Crippen LogP contribution in [0.4, 0.5) is 5.69 Å². The Balaban J connectivity index is 2.15. The van der Waals surface area contributed by atoms with E-state index in [1.165, 1.54) is 5.56 Å². The molecule has 0 saturated heterocycles. The minimum absolute atomic E-state index is 0.0528. The number of carbonyl (C=O) groups excluding carboxylic acids is 1. The first-order valence-electron chi connectivity index (χ1n) is 6.71. The van der Waals surface area contributed by atoms with Crippen molar-refractivity contribution in [1.29, 1.82) is 0 Å². The molecule has 3 heteroatoms. The molecule has 0 radical (unpaired) electrons. The summed E-state index contributed by atoms with van der Waals surface area (Å²) in [5.41, 5.74) is 10.2. The van der Waals surface area contributed by atoms with E-state index in [2.05, 4.69) is 5.32 Å². The number of nitrogens with two attached hydrogens (primary N) is 1. The van der Waals surface area contributed by atoms with Crippen LogP contribution in [0.2, 0.25) is 0 Å². The number of hydrogen-bond donors (Lipinski definition) is 2. The summed E-state index contributed by atoms with van der Waals surface area (Å²) in [6.45, 7) is 5.95. The van der Waals surface area contributed by atoms with Gasteiger partial charge in [-0.05, 0) is 38.5 Å². The van der Waals surface area contributed by atoms with Crippen molar-refractivity contribution in [2.75, 3.05) is 5.73 Å². The van der Waals surface area contributed by atoms with Gasteiger partial charge in [0.2, 0.25) is 0 Å². The second kappa shape index (κ2) is 5.78. The van der Waals surface area contributed by atoms with Crippen LogP contribution in [0.3, 0.4) is 0 Å². The lowest BCUT2D eigenvalue weighted by Crippen LogP contribution is -2.27. The van der Waals surface area contributed by atoms with E-state index in [0.717, 1.165) is 11.1 Å². The van der Waals surface area contributed by atoms with Gasteiger partial charge in [0, 0.05) is 5.69 Å². The van der Waals surface area contributed by atoms with Crippen LogP contribution in [-0.2, 0) is 0 Å². The van der Waals surface area contributed by atoms with Gasteiger partial charge in [-0.15, -0.1) is 0 Å². The molecular weight excluding hydrogens is 248 g/mol. The maximum atomic E-state index is 12.3. The SMILES string of the molecule is Cc1ccc(C(C)NC(=O)c2cc(C)ccc2N)cc1. The normalized spacial score (nSPS) is 11.9. The molecule has 3 N–H and O–H groups in total. The molecule has 1 unspecified atom stereocenters. The summed E-state index contributed by atoms with van der Waals surface area (Å²) in [4.78, 5) is 12.3. The van der Waals surface area contributed by atoms with Crippen LogP contribution < -0.4 is 11.1 Å². The Labute approximate surface area is 119 Å². The highest BCUT2D eigenvalue weighted by molar-refractivity contribution is 5.99. The number of amides is 1. The molecule has 0 aliphatic rings. The van der Waals surface area contributed by atoms with Gasteiger partial charge in [-0.3, -0.25) is 4.79 Å². The molecule has 0 bridgehead atoms. The monoisotopic (exact) mass is 268 g/mol. The van der Waals surface area contributed by atoms with Crippen molar-refractivity contribution < 1.29 is 4.79 Å². The molecule has 20 heavy (non-hydrogen) atoms. The van der Waals surface area contributed by atoms with E-state index in [1.54, 1.807) is 6.07 Å². The standard InChI is InChI=1S/C17H20N2O/c1-11-4-7-14(8-5-11)13(3)19-17(20)15-10-12(2)6-9-16(15)18/h4-10,13H,18H2,1-3H3,(H,19,20). The molecule has 104 valence electrons. The number of aryl methyl sites for hydroxylation is 2. The molecule has 3 nitrogen and oxygen atoms in total. The van der Waals surface area contributed by atoms with Gasteiger partial charge >= 0.3 is 0 Å². The zero-order valence-electron chi connectivity index (χ0n) is 12.1. The maximum Gasteiger partial charge on any atom is 0.253 e. The Bertz CT molecular complexity index is 617. The first kappa shape index (κ1) is 14.1. The summed E-state index contributed by atoms with van der Waals surface area (Å²) in [5, 5.41) is 2.98. The quantitative estimate of drug-likeness (QED) is 0.838. The third kappa shape index (κ3) is 3.18. The number of hydrogen-bond acceptors (Lipinski definition) is 2. The predicted octanol–water partition coefficient (Wildman–Crippen LogP) is 3.38. The smallest absolute Gasteiger partial charge is 0.253 e. The molecule has 0 aliphatic carbocycles. The molecule has 0 fully saturated rings. The van der Waals surface area contributed by atoms with Crippen molar-refractivity contribution in [1.82, 2.24) is 5.32 Å². The molecule has 2 rings (SSSR count). The molecule has 0 spiro atoms. The number of rotatable bonds is 3. The average Bonchev–Trinajstić information content (AvgIpc) is 2.42. The van der Waals surface area contributed by atoms with Gasteiger partial charge in [0.25, 0.3) is 5.91 Å². The van der Waals surface area contributed by atoms with Gasteiger partial charge in [-0.2, -0.15) is 0 Å². The Morgan fingerprint density at radius 1 is 1.05 bits per heavy atom. The summed E-state index contributed by atoms with van der Waals surface area (Å²) in [6, 6.07) is 13.6. The molecular formula is C17H20N2O. The second-order valence-corrected chi connectivity index (χ2v) is 5.20. The van der Waals surface area contributed by atoms with Crippen LogP contribution in [0.15, 0.2) is 42.5 Å². The van der Waals surface area contributed by atoms with Crippen LogP contribution in [0.25, 0.3) is 0 Å². The Morgan fingerprint density at radius 2 is 1.65 bits per heavy atom. The third-order valence-corrected chi connectivity index (χ3v) is 3.38. The van der Waals surface area contributed by atoms with Gasteiger partial charge in [-0.25, -0.2) is 0 Å². The van der Waals surface area contributed by atoms with Crippen molar-refractivity contribution in [3.05, 3.63) is 64.7 Å². The molecule has 1 atom stereocenters. The Hall–Kier alpha value is -2.29. The van der Waals surface area contributed by atoms with E-state index >= 15 is 0 Å². The molecule has 0 aromatic heterocycles. The van der Waals surface area contributed by atoms with E-state index in [9.17, 15) is 4.79 Å². The number of nitrogens with one attached hydrogen (secondary N) is 1. The molecule has 0 heterocycles. The van der Waals surface area contributed by atoms with Crippen molar-refractivity contribution in [2.24, 2.45) is 0 Å². The van der Waals surface area contributed by atoms with Gasteiger partial charge in [-0.1, -0.05) is 41.5 Å². The van der Waals surface area contributed by atoms with Crippen molar-refractivity contribution in [3.8, 4) is 0 Å². The summed E-state index contributed by atoms with van der Waals surface area (Å²) in [7, 11) is 0. The van der Waals surface area contributed by atoms with E-state index in [0.29, 0.717) is 11.3 Å². The molecule has 0 aliphatic heterocycles. The number of nitrogen functional groups attached to an aromatic ring is 1. The Morgan fingerprint density at radius 3 is 2.30 bits per heavy atom. The zero-order chi connectivity index (χ0) is 14.7. The highest BCUT2D eigenvalue weighted by Crippen LogP contribution is 2.17. The summed E-state index contributed by atoms with van der Waals surface area (Å²) < 4.78 is 0. The summed E-state index contributed by atoms with van der Waals surface area (Å²) in [6.07, 6.45) is 0. The first-order chi connectivity index (χ1) is 9.47. The first-order valence-corrected chi connectivity index (χ1v) is 6.71. The highest BCUT2D eigenvalue weighted by Gasteiger charge is 2.13. The van der Waals surface area contributed by atoms with Crippen LogP contribution in [0.1, 0.15) is 40.0 Å². The van der Waals surface area contributed by atoms with Crippen molar-refractivity contribution in [3.63, 3.8) is 0 Å². The van der Waals surface area contributed by atoms with Gasteiger partial charge in [0.15, 0.2) is 0 Å². The van der Waals surface area contributed by atoms with E-state index in [1.807, 2.05) is 57.2 Å². The topological polar surface area (TPSA) is 55.1 Å². The summed E-state index contributed by atoms with van der Waals surface area (Å²) in [5.74, 6) is -0.140. The minimum Gasteiger partial charge on any atom is -0.398 e. The lowest BCUT2D eigenvalue weighted by molar-refractivity contribution is 0.0940. The molecule has 0 saturated carbocycles. The van der Waals surface area contributed by atoms with Gasteiger partial charge < -0.3 is 11.1 Å². The van der Waals surface area contributed by atoms with Gasteiger partial charge in [0.1, 0.15) is 0 Å². The van der Waals surface area contributed by atoms with Crippen LogP contribution in [-0.4, -0.2) is 5.91 Å². The fourth-order valence-electron chi connectivity index (χ4n) is 2.08. The zero-order valence-corrected chi connectivity index (χ0v) is 12.1. The van der Waals surface area contributed by atoms with Crippen LogP contribution in [0.5, 0.6) is 0 Å². The third-order valence-electron chi connectivity index (χ3n) is 3.38. The van der Waals surface area contributed by atoms with E-state index in [-0.39, 0.29) is 11.9 Å². The lowest BCUT2D eigenvalue weighted by atomic mass is 10.0. The molecule has 2 aromatic rings.